The quantitative estimate of drug-likeness (QED) is 0.766. The van der Waals surface area contributed by atoms with Crippen molar-refractivity contribution in [1.29, 1.82) is 0 Å². The fourth-order valence-electron chi connectivity index (χ4n) is 0.987. The van der Waals surface area contributed by atoms with Crippen molar-refractivity contribution in [2.24, 2.45) is 0 Å². The highest BCUT2D eigenvalue weighted by Crippen LogP contribution is 1.97. The molecule has 0 aromatic carbocycles. The second kappa shape index (κ2) is 4.76. The molecule has 0 aliphatic carbocycles. The summed E-state index contributed by atoms with van der Waals surface area (Å²) in [6.45, 7) is 5.10. The maximum atomic E-state index is 10.5. The van der Waals surface area contributed by atoms with E-state index in [1.807, 2.05) is 13.8 Å². The summed E-state index contributed by atoms with van der Waals surface area (Å²) < 4.78 is 7.02. The summed E-state index contributed by atoms with van der Waals surface area (Å²) in [5.41, 5.74) is 0.0644. The Hall–Kier alpha value is -1.36. The number of hydrogen-bond donors (Lipinski definition) is 1. The molecule has 0 saturated heterocycles. The van der Waals surface area contributed by atoms with Crippen molar-refractivity contribution in [3.63, 3.8) is 0 Å². The molecule has 5 heteroatoms. The molecule has 0 spiro atoms. The van der Waals surface area contributed by atoms with Gasteiger partial charge in [-0.15, -0.1) is 0 Å². The molecule has 0 unspecified atom stereocenters. The van der Waals surface area contributed by atoms with Gasteiger partial charge < -0.3 is 14.4 Å². The van der Waals surface area contributed by atoms with Crippen LogP contribution in [0.15, 0.2) is 12.5 Å². The number of rotatable bonds is 5. The van der Waals surface area contributed by atoms with Gasteiger partial charge in [-0.05, 0) is 13.8 Å². The molecular formula is C9H14N2O3. The molecule has 1 aromatic rings. The van der Waals surface area contributed by atoms with Gasteiger partial charge in [0.15, 0.2) is 5.69 Å². The van der Waals surface area contributed by atoms with E-state index in [4.69, 9.17) is 9.84 Å². The van der Waals surface area contributed by atoms with Gasteiger partial charge in [0, 0.05) is 12.7 Å². The van der Waals surface area contributed by atoms with Crippen LogP contribution in [0.3, 0.4) is 0 Å². The van der Waals surface area contributed by atoms with Crippen LogP contribution in [0.1, 0.15) is 24.3 Å². The third kappa shape index (κ3) is 3.18. The summed E-state index contributed by atoms with van der Waals surface area (Å²) in [6.07, 6.45) is 3.18. The summed E-state index contributed by atoms with van der Waals surface area (Å²) in [6, 6.07) is 0. The number of aromatic nitrogens is 2. The highest BCUT2D eigenvalue weighted by molar-refractivity contribution is 5.84. The minimum Gasteiger partial charge on any atom is -0.476 e. The lowest BCUT2D eigenvalue weighted by atomic mass is 10.5. The van der Waals surface area contributed by atoms with Gasteiger partial charge in [-0.1, -0.05) is 0 Å². The van der Waals surface area contributed by atoms with Gasteiger partial charge in [-0.25, -0.2) is 9.78 Å². The van der Waals surface area contributed by atoms with E-state index in [0.29, 0.717) is 13.2 Å². The topological polar surface area (TPSA) is 64.4 Å². The number of nitrogens with zero attached hydrogens (tertiary/aromatic N) is 2. The van der Waals surface area contributed by atoms with Gasteiger partial charge >= 0.3 is 5.97 Å². The first kappa shape index (κ1) is 10.7. The number of ether oxygens (including phenoxy) is 1. The van der Waals surface area contributed by atoms with Crippen molar-refractivity contribution in [3.8, 4) is 0 Å². The molecule has 1 N–H and O–H groups in total. The largest absolute Gasteiger partial charge is 0.476 e. The molecule has 5 nitrogen and oxygen atoms in total. The monoisotopic (exact) mass is 198 g/mol. The Morgan fingerprint density at radius 1 is 1.71 bits per heavy atom. The smallest absolute Gasteiger partial charge is 0.356 e. The molecule has 0 fully saturated rings. The van der Waals surface area contributed by atoms with Crippen molar-refractivity contribution in [2.45, 2.75) is 26.5 Å². The van der Waals surface area contributed by atoms with Crippen LogP contribution in [0.2, 0.25) is 0 Å². The number of imidazole rings is 1. The highest BCUT2D eigenvalue weighted by atomic mass is 16.5. The van der Waals surface area contributed by atoms with Gasteiger partial charge in [-0.3, -0.25) is 0 Å². The fraction of sp³-hybridized carbons (Fsp3) is 0.556. The summed E-state index contributed by atoms with van der Waals surface area (Å²) in [5.74, 6) is -1.01. The lowest BCUT2D eigenvalue weighted by molar-refractivity contribution is 0.0686. The van der Waals surface area contributed by atoms with Crippen molar-refractivity contribution in [3.05, 3.63) is 18.2 Å². The Morgan fingerprint density at radius 2 is 2.43 bits per heavy atom. The van der Waals surface area contributed by atoms with Crippen molar-refractivity contribution in [1.82, 2.24) is 9.55 Å². The van der Waals surface area contributed by atoms with Crippen LogP contribution in [-0.4, -0.2) is 33.3 Å². The molecule has 0 atom stereocenters. The summed E-state index contributed by atoms with van der Waals surface area (Å²) in [7, 11) is 0. The minimum atomic E-state index is -1.01. The first-order valence-electron chi connectivity index (χ1n) is 4.46. The summed E-state index contributed by atoms with van der Waals surface area (Å²) >= 11 is 0. The van der Waals surface area contributed by atoms with E-state index in [-0.39, 0.29) is 11.8 Å². The molecule has 14 heavy (non-hydrogen) atoms. The van der Waals surface area contributed by atoms with Gasteiger partial charge in [0.2, 0.25) is 0 Å². The molecule has 0 saturated carbocycles. The van der Waals surface area contributed by atoms with Crippen LogP contribution in [0.5, 0.6) is 0 Å². The second-order valence-electron chi connectivity index (χ2n) is 3.22. The molecule has 0 bridgehead atoms. The predicted molar refractivity (Wildman–Crippen MR) is 50.3 cm³/mol. The van der Waals surface area contributed by atoms with Crippen molar-refractivity contribution >= 4 is 5.97 Å². The average Bonchev–Trinajstić information content (AvgIpc) is 2.52. The zero-order valence-corrected chi connectivity index (χ0v) is 8.30. The fourth-order valence-corrected chi connectivity index (χ4v) is 0.987. The Bertz CT molecular complexity index is 307. The number of carbonyl (C=O) groups is 1. The van der Waals surface area contributed by atoms with E-state index in [1.54, 1.807) is 4.57 Å². The highest BCUT2D eigenvalue weighted by Gasteiger charge is 2.05. The van der Waals surface area contributed by atoms with Crippen molar-refractivity contribution < 1.29 is 14.6 Å². The zero-order valence-electron chi connectivity index (χ0n) is 8.30. The third-order valence-corrected chi connectivity index (χ3v) is 1.65. The van der Waals surface area contributed by atoms with Gasteiger partial charge in [0.05, 0.1) is 19.0 Å². The van der Waals surface area contributed by atoms with E-state index >= 15 is 0 Å². The standard InChI is InChI=1S/C9H14N2O3/c1-7(2)14-4-3-11-5-8(9(12)13)10-6-11/h5-7H,3-4H2,1-2H3,(H,12,13). The normalized spacial score (nSPS) is 10.8. The van der Waals surface area contributed by atoms with Crippen LogP contribution in [0.25, 0.3) is 0 Å². The van der Waals surface area contributed by atoms with Gasteiger partial charge in [0.25, 0.3) is 0 Å². The minimum absolute atomic E-state index is 0.0644. The molecular weight excluding hydrogens is 184 g/mol. The van der Waals surface area contributed by atoms with E-state index in [2.05, 4.69) is 4.98 Å². The number of carboxylic acids is 1. The van der Waals surface area contributed by atoms with E-state index in [1.165, 1.54) is 12.5 Å². The van der Waals surface area contributed by atoms with Crippen molar-refractivity contribution in [2.75, 3.05) is 6.61 Å². The lowest BCUT2D eigenvalue weighted by Crippen LogP contribution is -2.09. The second-order valence-corrected chi connectivity index (χ2v) is 3.22. The molecule has 0 aliphatic rings. The molecule has 1 heterocycles. The third-order valence-electron chi connectivity index (χ3n) is 1.65. The van der Waals surface area contributed by atoms with Gasteiger partial charge in [-0.2, -0.15) is 0 Å². The molecule has 78 valence electrons. The SMILES string of the molecule is CC(C)OCCn1cnc(C(=O)O)c1. The van der Waals surface area contributed by atoms with E-state index in [9.17, 15) is 4.79 Å². The Morgan fingerprint density at radius 3 is 2.93 bits per heavy atom. The number of hydrogen-bond acceptors (Lipinski definition) is 3. The Balaban J connectivity index is 2.40. The zero-order chi connectivity index (χ0) is 10.6. The maximum Gasteiger partial charge on any atom is 0.356 e. The Labute approximate surface area is 82.3 Å². The predicted octanol–water partition coefficient (Wildman–Crippen LogP) is 1.01. The van der Waals surface area contributed by atoms with Crippen LogP contribution >= 0.6 is 0 Å². The molecule has 0 amide bonds. The van der Waals surface area contributed by atoms with E-state index in [0.717, 1.165) is 0 Å². The molecule has 0 aliphatic heterocycles. The number of aromatic carboxylic acids is 1. The lowest BCUT2D eigenvalue weighted by Gasteiger charge is -2.06. The van der Waals surface area contributed by atoms with Crippen LogP contribution in [-0.2, 0) is 11.3 Å². The first-order valence-corrected chi connectivity index (χ1v) is 4.46. The molecule has 1 aromatic heterocycles. The van der Waals surface area contributed by atoms with Crippen LogP contribution < -0.4 is 0 Å². The average molecular weight is 198 g/mol. The van der Waals surface area contributed by atoms with Gasteiger partial charge in [0.1, 0.15) is 0 Å². The van der Waals surface area contributed by atoms with E-state index < -0.39 is 5.97 Å². The molecule has 1 rings (SSSR count). The Kier molecular flexibility index (Phi) is 3.64. The van der Waals surface area contributed by atoms with Crippen LogP contribution in [0, 0.1) is 0 Å². The molecule has 0 radical (unpaired) electrons. The van der Waals surface area contributed by atoms with Crippen LogP contribution in [0.4, 0.5) is 0 Å². The maximum absolute atomic E-state index is 10.5. The first-order chi connectivity index (χ1) is 6.59. The summed E-state index contributed by atoms with van der Waals surface area (Å²) in [4.78, 5) is 14.2. The number of carboxylic acid groups (broad SMARTS) is 1. The summed E-state index contributed by atoms with van der Waals surface area (Å²) in [5, 5.41) is 8.60.